The van der Waals surface area contributed by atoms with E-state index in [1.54, 1.807) is 11.8 Å². The average molecular weight is 222 g/mol. The zero-order valence-corrected chi connectivity index (χ0v) is 9.43. The molecule has 0 aromatic heterocycles. The monoisotopic (exact) mass is 222 g/mol. The summed E-state index contributed by atoms with van der Waals surface area (Å²) in [5.41, 5.74) is 2.06. The lowest BCUT2D eigenvalue weighted by atomic mass is 10.2. The summed E-state index contributed by atoms with van der Waals surface area (Å²) in [7, 11) is 0. The number of nitrogens with one attached hydrogen (secondary N) is 2. The van der Waals surface area contributed by atoms with Gasteiger partial charge in [0.2, 0.25) is 5.91 Å². The van der Waals surface area contributed by atoms with Crippen LogP contribution in [0.1, 0.15) is 5.56 Å². The number of carbonyl (C=O) groups is 1. The van der Waals surface area contributed by atoms with E-state index in [2.05, 4.69) is 10.6 Å². The molecular weight excluding hydrogens is 208 g/mol. The van der Waals surface area contributed by atoms with Crippen LogP contribution in [0.2, 0.25) is 0 Å². The third kappa shape index (κ3) is 2.73. The number of carbonyl (C=O) groups excluding carboxylic acids is 1. The van der Waals surface area contributed by atoms with Gasteiger partial charge in [-0.2, -0.15) is 0 Å². The molecule has 1 saturated heterocycles. The first-order chi connectivity index (χ1) is 7.25. The molecule has 15 heavy (non-hydrogen) atoms. The fraction of sp³-hybridized carbons (Fsp3) is 0.364. The van der Waals surface area contributed by atoms with Gasteiger partial charge in [-0.3, -0.25) is 10.1 Å². The predicted molar refractivity (Wildman–Crippen MR) is 64.1 cm³/mol. The molecule has 0 spiro atoms. The third-order valence-electron chi connectivity index (χ3n) is 2.35. The van der Waals surface area contributed by atoms with Crippen molar-refractivity contribution >= 4 is 23.4 Å². The zero-order valence-electron chi connectivity index (χ0n) is 8.62. The van der Waals surface area contributed by atoms with Gasteiger partial charge in [0.05, 0.1) is 6.04 Å². The van der Waals surface area contributed by atoms with Crippen LogP contribution in [0, 0.1) is 6.92 Å². The third-order valence-corrected chi connectivity index (χ3v) is 3.29. The fourth-order valence-corrected chi connectivity index (χ4v) is 2.37. The minimum absolute atomic E-state index is 0.0451. The van der Waals surface area contributed by atoms with Crippen molar-refractivity contribution in [3.05, 3.63) is 29.8 Å². The first-order valence-electron chi connectivity index (χ1n) is 4.94. The SMILES string of the molecule is Cc1ccc(NC(=O)C2CSCN2)cc1. The van der Waals surface area contributed by atoms with Gasteiger partial charge >= 0.3 is 0 Å². The highest BCUT2D eigenvalue weighted by Crippen LogP contribution is 2.13. The second-order valence-electron chi connectivity index (χ2n) is 3.63. The van der Waals surface area contributed by atoms with Crippen molar-refractivity contribution in [2.45, 2.75) is 13.0 Å². The van der Waals surface area contributed by atoms with Crippen molar-refractivity contribution in [2.75, 3.05) is 16.9 Å². The Bertz CT molecular complexity index is 344. The molecule has 1 amide bonds. The van der Waals surface area contributed by atoms with Gasteiger partial charge in [0.1, 0.15) is 0 Å². The maximum Gasteiger partial charge on any atom is 0.242 e. The molecule has 1 atom stereocenters. The standard InChI is InChI=1S/C11H14N2OS/c1-8-2-4-9(5-3-8)13-11(14)10-6-15-7-12-10/h2-5,10,12H,6-7H2,1H3,(H,13,14). The molecule has 3 nitrogen and oxygen atoms in total. The summed E-state index contributed by atoms with van der Waals surface area (Å²) in [6.45, 7) is 2.03. The highest BCUT2D eigenvalue weighted by molar-refractivity contribution is 7.99. The summed E-state index contributed by atoms with van der Waals surface area (Å²) < 4.78 is 0. The smallest absolute Gasteiger partial charge is 0.242 e. The van der Waals surface area contributed by atoms with Gasteiger partial charge in [0, 0.05) is 17.3 Å². The van der Waals surface area contributed by atoms with Crippen molar-refractivity contribution in [1.82, 2.24) is 5.32 Å². The van der Waals surface area contributed by atoms with Crippen LogP contribution in [0.25, 0.3) is 0 Å². The summed E-state index contributed by atoms with van der Waals surface area (Å²) in [5.74, 6) is 1.78. The van der Waals surface area contributed by atoms with Crippen molar-refractivity contribution in [3.63, 3.8) is 0 Å². The average Bonchev–Trinajstić information content (AvgIpc) is 2.74. The van der Waals surface area contributed by atoms with E-state index in [0.717, 1.165) is 17.3 Å². The maximum atomic E-state index is 11.7. The quantitative estimate of drug-likeness (QED) is 0.798. The molecule has 2 rings (SSSR count). The maximum absolute atomic E-state index is 11.7. The van der Waals surface area contributed by atoms with Crippen LogP contribution in [0.4, 0.5) is 5.69 Å². The Labute approximate surface area is 93.6 Å². The largest absolute Gasteiger partial charge is 0.325 e. The number of hydrogen-bond acceptors (Lipinski definition) is 3. The zero-order chi connectivity index (χ0) is 10.7. The molecule has 1 aliphatic heterocycles. The van der Waals surface area contributed by atoms with Gasteiger partial charge in [-0.25, -0.2) is 0 Å². The minimum Gasteiger partial charge on any atom is -0.325 e. The van der Waals surface area contributed by atoms with Crippen molar-refractivity contribution in [3.8, 4) is 0 Å². The van der Waals surface area contributed by atoms with Gasteiger partial charge < -0.3 is 5.32 Å². The molecule has 0 bridgehead atoms. The Hall–Kier alpha value is -1.00. The van der Waals surface area contributed by atoms with Gasteiger partial charge in [-0.1, -0.05) is 17.7 Å². The molecule has 4 heteroatoms. The Kier molecular flexibility index (Phi) is 3.28. The molecule has 1 unspecified atom stereocenters. The molecule has 0 saturated carbocycles. The summed E-state index contributed by atoms with van der Waals surface area (Å²) in [6, 6.07) is 7.79. The number of hydrogen-bond donors (Lipinski definition) is 2. The van der Waals surface area contributed by atoms with E-state index < -0.39 is 0 Å². The van der Waals surface area contributed by atoms with E-state index in [-0.39, 0.29) is 11.9 Å². The number of benzene rings is 1. The van der Waals surface area contributed by atoms with E-state index >= 15 is 0 Å². The lowest BCUT2D eigenvalue weighted by Gasteiger charge is -2.10. The number of rotatable bonds is 2. The molecule has 1 aliphatic rings. The first kappa shape index (κ1) is 10.5. The van der Waals surface area contributed by atoms with Crippen molar-refractivity contribution in [2.24, 2.45) is 0 Å². The summed E-state index contributed by atoms with van der Waals surface area (Å²) in [5, 5.41) is 6.04. The van der Waals surface area contributed by atoms with Crippen LogP contribution in [0.15, 0.2) is 24.3 Å². The van der Waals surface area contributed by atoms with Crippen LogP contribution >= 0.6 is 11.8 Å². The Balaban J connectivity index is 1.96. The Morgan fingerprint density at radius 2 is 2.20 bits per heavy atom. The van der Waals surface area contributed by atoms with Gasteiger partial charge in [-0.15, -0.1) is 11.8 Å². The van der Waals surface area contributed by atoms with Crippen LogP contribution in [0.5, 0.6) is 0 Å². The van der Waals surface area contributed by atoms with Crippen molar-refractivity contribution in [1.29, 1.82) is 0 Å². The summed E-state index contributed by atoms with van der Waals surface area (Å²) >= 11 is 1.75. The molecular formula is C11H14N2OS. The minimum atomic E-state index is -0.0451. The molecule has 0 aliphatic carbocycles. The van der Waals surface area contributed by atoms with Gasteiger partial charge in [0.15, 0.2) is 0 Å². The molecule has 1 aromatic carbocycles. The second-order valence-corrected chi connectivity index (χ2v) is 4.66. The van der Waals surface area contributed by atoms with Crippen LogP contribution < -0.4 is 10.6 Å². The molecule has 1 fully saturated rings. The Morgan fingerprint density at radius 3 is 2.80 bits per heavy atom. The van der Waals surface area contributed by atoms with E-state index in [0.29, 0.717) is 0 Å². The summed E-state index contributed by atoms with van der Waals surface area (Å²) in [6.07, 6.45) is 0. The number of aryl methyl sites for hydroxylation is 1. The van der Waals surface area contributed by atoms with Crippen LogP contribution in [-0.2, 0) is 4.79 Å². The molecule has 1 heterocycles. The first-order valence-corrected chi connectivity index (χ1v) is 6.10. The number of thioether (sulfide) groups is 1. The molecule has 80 valence electrons. The highest BCUT2D eigenvalue weighted by atomic mass is 32.2. The second kappa shape index (κ2) is 4.68. The predicted octanol–water partition coefficient (Wildman–Crippen LogP) is 1.60. The van der Waals surface area contributed by atoms with Gasteiger partial charge in [-0.05, 0) is 19.1 Å². The van der Waals surface area contributed by atoms with E-state index in [4.69, 9.17) is 0 Å². The van der Waals surface area contributed by atoms with E-state index in [9.17, 15) is 4.79 Å². The Morgan fingerprint density at radius 1 is 1.47 bits per heavy atom. The number of amides is 1. The molecule has 2 N–H and O–H groups in total. The normalized spacial score (nSPS) is 20.2. The fourth-order valence-electron chi connectivity index (χ4n) is 1.43. The van der Waals surface area contributed by atoms with E-state index in [1.165, 1.54) is 5.56 Å². The van der Waals surface area contributed by atoms with Crippen LogP contribution in [-0.4, -0.2) is 23.6 Å². The number of anilines is 1. The topological polar surface area (TPSA) is 41.1 Å². The van der Waals surface area contributed by atoms with Crippen LogP contribution in [0.3, 0.4) is 0 Å². The summed E-state index contributed by atoms with van der Waals surface area (Å²) in [4.78, 5) is 11.7. The molecule has 1 aromatic rings. The molecule has 0 radical (unpaired) electrons. The lowest BCUT2D eigenvalue weighted by Crippen LogP contribution is -2.37. The lowest BCUT2D eigenvalue weighted by molar-refractivity contribution is -0.117. The van der Waals surface area contributed by atoms with Crippen molar-refractivity contribution < 1.29 is 4.79 Å². The van der Waals surface area contributed by atoms with Gasteiger partial charge in [0.25, 0.3) is 0 Å². The van der Waals surface area contributed by atoms with E-state index in [1.807, 2.05) is 31.2 Å². The highest BCUT2D eigenvalue weighted by Gasteiger charge is 2.22.